The zero-order valence-electron chi connectivity index (χ0n) is 26.8. The van der Waals surface area contributed by atoms with Crippen LogP contribution >= 0.6 is 0 Å². The van der Waals surface area contributed by atoms with Crippen molar-refractivity contribution in [1.82, 2.24) is 14.8 Å². The van der Waals surface area contributed by atoms with Gasteiger partial charge >= 0.3 is 5.97 Å². The van der Waals surface area contributed by atoms with Crippen molar-refractivity contribution < 1.29 is 23.4 Å². The highest BCUT2D eigenvalue weighted by atomic mass is 32.2. The van der Waals surface area contributed by atoms with Gasteiger partial charge in [-0.15, -0.1) is 0 Å². The Morgan fingerprint density at radius 3 is 2.37 bits per heavy atom. The number of nitrogens with zero attached hydrogens (tertiary/aromatic N) is 2. The molecule has 0 radical (unpaired) electrons. The lowest BCUT2D eigenvalue weighted by molar-refractivity contribution is 0.0697. The molecular weight excluding hydrogens is 600 g/mol. The Morgan fingerprint density at radius 2 is 1.65 bits per heavy atom. The van der Waals surface area contributed by atoms with Crippen LogP contribution in [0.15, 0.2) is 83.8 Å². The Morgan fingerprint density at radius 1 is 0.913 bits per heavy atom. The summed E-state index contributed by atoms with van der Waals surface area (Å²) in [7, 11) is -3.74. The van der Waals surface area contributed by atoms with Crippen LogP contribution in [-0.2, 0) is 23.0 Å². The summed E-state index contributed by atoms with van der Waals surface area (Å²) in [6, 6.07) is 22.5. The molecule has 0 unspecified atom stereocenters. The van der Waals surface area contributed by atoms with Gasteiger partial charge in [0.05, 0.1) is 16.6 Å². The number of aromatic nitrogens is 1. The Kier molecular flexibility index (Phi) is 10.8. The van der Waals surface area contributed by atoms with Crippen LogP contribution in [0, 0.1) is 0 Å². The molecule has 5 rings (SSSR count). The first-order valence-electron chi connectivity index (χ1n) is 16.2. The second-order valence-corrected chi connectivity index (χ2v) is 14.6. The predicted molar refractivity (Wildman–Crippen MR) is 183 cm³/mol. The van der Waals surface area contributed by atoms with Crippen LogP contribution in [0.1, 0.15) is 73.7 Å². The number of carbonyl (C=O) groups is 1. The molecule has 0 aliphatic carbocycles. The number of rotatable bonds is 14. The molecule has 0 saturated carbocycles. The third kappa shape index (κ3) is 8.76. The number of benzene rings is 3. The van der Waals surface area contributed by atoms with Gasteiger partial charge in [0.1, 0.15) is 0 Å². The fourth-order valence-electron chi connectivity index (χ4n) is 6.16. The van der Waals surface area contributed by atoms with Crippen LogP contribution in [-0.4, -0.2) is 65.8 Å². The van der Waals surface area contributed by atoms with E-state index in [9.17, 15) is 23.4 Å². The van der Waals surface area contributed by atoms with E-state index in [4.69, 9.17) is 0 Å². The summed E-state index contributed by atoms with van der Waals surface area (Å²) < 4.78 is 30.5. The maximum absolute atomic E-state index is 12.8. The van der Waals surface area contributed by atoms with Crippen LogP contribution in [0.25, 0.3) is 10.9 Å². The van der Waals surface area contributed by atoms with Gasteiger partial charge in [-0.05, 0) is 100 Å². The average molecular weight is 647 g/mol. The quantitative estimate of drug-likeness (QED) is 0.132. The molecule has 1 saturated heterocycles. The lowest BCUT2D eigenvalue weighted by atomic mass is 9.99. The van der Waals surface area contributed by atoms with Crippen molar-refractivity contribution >= 4 is 32.6 Å². The third-order valence-corrected chi connectivity index (χ3v) is 10.3. The minimum absolute atomic E-state index is 0.173. The van der Waals surface area contributed by atoms with Crippen molar-refractivity contribution in [3.05, 3.63) is 95.7 Å². The Bertz CT molecular complexity index is 1730. The van der Waals surface area contributed by atoms with E-state index >= 15 is 0 Å². The lowest BCUT2D eigenvalue weighted by Gasteiger charge is -2.29. The summed E-state index contributed by atoms with van der Waals surface area (Å²) >= 11 is 0. The number of sulfonamides is 1. The summed E-state index contributed by atoms with van der Waals surface area (Å²) in [5.41, 5.74) is 3.19. The van der Waals surface area contributed by atoms with E-state index in [-0.39, 0.29) is 22.5 Å². The van der Waals surface area contributed by atoms with Gasteiger partial charge in [-0.2, -0.15) is 0 Å². The van der Waals surface area contributed by atoms with Crippen molar-refractivity contribution in [2.24, 2.45) is 0 Å². The number of carboxylic acids is 1. The molecular formula is C36H46N4O5S. The number of aromatic carboxylic acids is 1. The van der Waals surface area contributed by atoms with Gasteiger partial charge in [0.2, 0.25) is 0 Å². The monoisotopic (exact) mass is 646 g/mol. The number of aliphatic hydroxyl groups is 1. The molecule has 46 heavy (non-hydrogen) atoms. The van der Waals surface area contributed by atoms with Gasteiger partial charge in [0.15, 0.2) is 0 Å². The smallest absolute Gasteiger partial charge is 0.335 e. The number of fused-ring (bicyclic) bond motifs is 1. The predicted octanol–water partition coefficient (Wildman–Crippen LogP) is 6.05. The van der Waals surface area contributed by atoms with E-state index in [0.717, 1.165) is 49.9 Å². The molecule has 9 nitrogen and oxygen atoms in total. The molecule has 4 aromatic rings. The zero-order chi connectivity index (χ0) is 32.7. The molecule has 1 aliphatic rings. The Labute approximate surface area is 272 Å². The van der Waals surface area contributed by atoms with Crippen LogP contribution in [0.5, 0.6) is 0 Å². The van der Waals surface area contributed by atoms with E-state index in [0.29, 0.717) is 11.3 Å². The molecule has 0 bridgehead atoms. The first kappa shape index (κ1) is 33.7. The minimum Gasteiger partial charge on any atom is -0.478 e. The van der Waals surface area contributed by atoms with Gasteiger partial charge < -0.3 is 25.0 Å². The van der Waals surface area contributed by atoms with Crippen LogP contribution in [0.2, 0.25) is 0 Å². The molecule has 10 heteroatoms. The molecule has 0 spiro atoms. The van der Waals surface area contributed by atoms with Gasteiger partial charge in [0, 0.05) is 53.9 Å². The van der Waals surface area contributed by atoms with Crippen molar-refractivity contribution in [3.8, 4) is 0 Å². The molecule has 1 aliphatic heterocycles. The molecule has 1 aromatic heterocycles. The molecule has 246 valence electrons. The number of aliphatic hydroxyl groups excluding tert-OH is 1. The van der Waals surface area contributed by atoms with Gasteiger partial charge in [0.25, 0.3) is 10.0 Å². The highest BCUT2D eigenvalue weighted by molar-refractivity contribution is 7.92. The van der Waals surface area contributed by atoms with E-state index < -0.39 is 22.1 Å². The number of β-amino-alcohol motifs (C(OH)–C–C–N with tert-alkyl or cyclic N) is 1. The summed E-state index contributed by atoms with van der Waals surface area (Å²) in [6.07, 6.45) is 5.90. The van der Waals surface area contributed by atoms with Crippen molar-refractivity contribution in [3.63, 3.8) is 0 Å². The summed E-state index contributed by atoms with van der Waals surface area (Å²) in [5.74, 6) is -0.927. The van der Waals surface area contributed by atoms with Crippen LogP contribution in [0.3, 0.4) is 0 Å². The molecule has 2 heterocycles. The fraction of sp³-hybridized carbons (Fsp3) is 0.417. The molecule has 1 fully saturated rings. The van der Waals surface area contributed by atoms with Crippen molar-refractivity contribution in [2.45, 2.75) is 75.5 Å². The van der Waals surface area contributed by atoms with Gasteiger partial charge in [-0.25, -0.2) is 13.2 Å². The largest absolute Gasteiger partial charge is 0.478 e. The highest BCUT2D eigenvalue weighted by Crippen LogP contribution is 2.26. The fourth-order valence-corrected chi connectivity index (χ4v) is 7.23. The number of nitrogens with one attached hydrogen (secondary N) is 2. The second-order valence-electron chi connectivity index (χ2n) is 12.9. The standard InChI is InChI=1S/C36H46N4O5S/c1-36(2,37-26-34(41)27-11-10-12-30(24-27)38-46(44,45)32-13-6-5-7-14-32)18-22-40-31(17-21-39-19-8-3-4-9-20-39)25-29-23-28(35(42)43)15-16-33(29)40/h5-7,10-16,23-25,34,37-38,41H,3-4,8-9,17-22,26H2,1-2H3,(H,42,43)/t34-/m0/s1. The molecule has 1 atom stereocenters. The molecule has 0 amide bonds. The van der Waals surface area contributed by atoms with E-state index in [1.807, 2.05) is 6.07 Å². The van der Waals surface area contributed by atoms with Gasteiger partial charge in [-0.1, -0.05) is 43.2 Å². The SMILES string of the molecule is CC(C)(CCn1c(CCN2CCCCCC2)cc2cc(C(=O)O)ccc21)NC[C@H](O)c1cccc(NS(=O)(=O)c2ccccc2)c1. The Balaban J connectivity index is 1.24. The van der Waals surface area contributed by atoms with E-state index in [2.05, 4.69) is 39.4 Å². The first-order chi connectivity index (χ1) is 22.0. The maximum Gasteiger partial charge on any atom is 0.335 e. The van der Waals surface area contributed by atoms with Gasteiger partial charge in [-0.3, -0.25) is 4.72 Å². The number of carboxylic acid groups (broad SMARTS) is 1. The zero-order valence-corrected chi connectivity index (χ0v) is 27.6. The molecule has 3 aromatic carbocycles. The third-order valence-electron chi connectivity index (χ3n) is 8.93. The minimum atomic E-state index is -3.74. The van der Waals surface area contributed by atoms with Crippen molar-refractivity contribution in [1.29, 1.82) is 0 Å². The first-order valence-corrected chi connectivity index (χ1v) is 17.7. The highest BCUT2D eigenvalue weighted by Gasteiger charge is 2.22. The number of hydrogen-bond donors (Lipinski definition) is 4. The van der Waals surface area contributed by atoms with Crippen LogP contribution < -0.4 is 10.0 Å². The van der Waals surface area contributed by atoms with E-state index in [1.165, 1.54) is 43.5 Å². The second kappa shape index (κ2) is 14.8. The molecule has 4 N–H and O–H groups in total. The average Bonchev–Trinajstić information content (AvgIpc) is 3.17. The number of anilines is 1. The van der Waals surface area contributed by atoms with E-state index in [1.54, 1.807) is 54.6 Å². The number of hydrogen-bond acceptors (Lipinski definition) is 6. The number of aryl methyl sites for hydroxylation is 1. The summed E-state index contributed by atoms with van der Waals surface area (Å²) in [6.45, 7) is 8.48. The topological polar surface area (TPSA) is 124 Å². The number of likely N-dealkylation sites (tertiary alicyclic amines) is 1. The maximum atomic E-state index is 12.8. The summed E-state index contributed by atoms with van der Waals surface area (Å²) in [5, 5.41) is 25.1. The Hall–Kier alpha value is -3.70. The van der Waals surface area contributed by atoms with Crippen molar-refractivity contribution in [2.75, 3.05) is 30.9 Å². The summed E-state index contributed by atoms with van der Waals surface area (Å²) in [4.78, 5) is 14.4. The van der Waals surface area contributed by atoms with Crippen LogP contribution in [0.4, 0.5) is 5.69 Å². The lowest BCUT2D eigenvalue weighted by Crippen LogP contribution is -2.42. The normalized spacial score (nSPS) is 15.5.